The molecule has 0 saturated heterocycles. The topological polar surface area (TPSA) is 67.5 Å². The van der Waals surface area contributed by atoms with Gasteiger partial charge in [0, 0.05) is 18.3 Å². The van der Waals surface area contributed by atoms with Crippen LogP contribution in [0, 0.1) is 0 Å². The lowest BCUT2D eigenvalue weighted by Crippen LogP contribution is -2.06. The van der Waals surface area contributed by atoms with E-state index in [0.29, 0.717) is 18.0 Å². The second-order valence-electron chi connectivity index (χ2n) is 2.61. The monoisotopic (exact) mass is 182 g/mol. The predicted octanol–water partition coefficient (Wildman–Crippen LogP) is 0.682. The minimum atomic E-state index is 0.0908. The molecule has 0 aliphatic carbocycles. The van der Waals surface area contributed by atoms with E-state index >= 15 is 0 Å². The van der Waals surface area contributed by atoms with E-state index in [1.54, 1.807) is 19.2 Å². The van der Waals surface area contributed by atoms with Crippen molar-refractivity contribution < 1.29 is 9.84 Å². The summed E-state index contributed by atoms with van der Waals surface area (Å²) in [4.78, 5) is 0. The molecule has 4 nitrogen and oxygen atoms in total. The zero-order chi connectivity index (χ0) is 9.68. The van der Waals surface area contributed by atoms with Crippen LogP contribution in [-0.4, -0.2) is 25.4 Å². The molecule has 4 N–H and O–H groups in total. The molecule has 0 radical (unpaired) electrons. The average Bonchev–Trinajstić information content (AvgIpc) is 2.16. The zero-order valence-electron chi connectivity index (χ0n) is 7.58. The lowest BCUT2D eigenvalue weighted by atomic mass is 10.2. The molecule has 0 aromatic heterocycles. The van der Waals surface area contributed by atoms with Gasteiger partial charge in [-0.05, 0) is 12.1 Å². The molecule has 13 heavy (non-hydrogen) atoms. The van der Waals surface area contributed by atoms with Gasteiger partial charge in [0.15, 0.2) is 0 Å². The molecule has 0 aliphatic rings. The van der Waals surface area contributed by atoms with Gasteiger partial charge in [0.25, 0.3) is 0 Å². The number of ether oxygens (including phenoxy) is 1. The number of anilines is 2. The van der Waals surface area contributed by atoms with Crippen molar-refractivity contribution in [3.63, 3.8) is 0 Å². The Balaban J connectivity index is 2.79. The Labute approximate surface area is 77.3 Å². The summed E-state index contributed by atoms with van der Waals surface area (Å²) in [5.74, 6) is 0.688. The molecular weight excluding hydrogens is 168 g/mol. The third-order valence-corrected chi connectivity index (χ3v) is 1.65. The van der Waals surface area contributed by atoms with Gasteiger partial charge in [-0.2, -0.15) is 0 Å². The SMILES string of the molecule is COc1cc(N)ccc1NCCO. The van der Waals surface area contributed by atoms with Crippen LogP contribution >= 0.6 is 0 Å². The molecular formula is C9H14N2O2. The van der Waals surface area contributed by atoms with E-state index < -0.39 is 0 Å². The van der Waals surface area contributed by atoms with Gasteiger partial charge < -0.3 is 20.9 Å². The van der Waals surface area contributed by atoms with Gasteiger partial charge in [0.2, 0.25) is 0 Å². The van der Waals surface area contributed by atoms with E-state index in [2.05, 4.69) is 5.32 Å². The fourth-order valence-corrected chi connectivity index (χ4v) is 1.04. The minimum Gasteiger partial charge on any atom is -0.495 e. The maximum Gasteiger partial charge on any atom is 0.143 e. The molecule has 72 valence electrons. The molecule has 1 aromatic rings. The van der Waals surface area contributed by atoms with E-state index in [-0.39, 0.29) is 6.61 Å². The Morgan fingerprint density at radius 3 is 2.92 bits per heavy atom. The van der Waals surface area contributed by atoms with E-state index in [4.69, 9.17) is 15.6 Å². The molecule has 1 rings (SSSR count). The second-order valence-corrected chi connectivity index (χ2v) is 2.61. The number of hydrogen-bond donors (Lipinski definition) is 3. The summed E-state index contributed by atoms with van der Waals surface area (Å²) in [5.41, 5.74) is 7.07. The van der Waals surface area contributed by atoms with Crippen LogP contribution in [0.25, 0.3) is 0 Å². The quantitative estimate of drug-likeness (QED) is 0.599. The largest absolute Gasteiger partial charge is 0.495 e. The minimum absolute atomic E-state index is 0.0908. The van der Waals surface area contributed by atoms with Crippen LogP contribution < -0.4 is 15.8 Å². The molecule has 0 spiro atoms. The first-order chi connectivity index (χ1) is 6.27. The summed E-state index contributed by atoms with van der Waals surface area (Å²) in [6.45, 7) is 0.591. The number of hydrogen-bond acceptors (Lipinski definition) is 4. The summed E-state index contributed by atoms with van der Waals surface area (Å²) in [6.07, 6.45) is 0. The number of nitrogens with one attached hydrogen (secondary N) is 1. The first-order valence-corrected chi connectivity index (χ1v) is 4.06. The van der Waals surface area contributed by atoms with E-state index in [1.165, 1.54) is 0 Å². The van der Waals surface area contributed by atoms with E-state index in [1.807, 2.05) is 6.07 Å². The van der Waals surface area contributed by atoms with Gasteiger partial charge >= 0.3 is 0 Å². The van der Waals surface area contributed by atoms with Crippen molar-refractivity contribution in [1.29, 1.82) is 0 Å². The van der Waals surface area contributed by atoms with Gasteiger partial charge in [-0.25, -0.2) is 0 Å². The highest BCUT2D eigenvalue weighted by Crippen LogP contribution is 2.26. The van der Waals surface area contributed by atoms with Crippen molar-refractivity contribution >= 4 is 11.4 Å². The van der Waals surface area contributed by atoms with Crippen LogP contribution in [-0.2, 0) is 0 Å². The Morgan fingerprint density at radius 1 is 1.54 bits per heavy atom. The smallest absolute Gasteiger partial charge is 0.143 e. The number of aliphatic hydroxyl groups is 1. The van der Waals surface area contributed by atoms with Crippen molar-refractivity contribution in [2.45, 2.75) is 0 Å². The maximum absolute atomic E-state index is 8.62. The van der Waals surface area contributed by atoms with Crippen LogP contribution in [0.4, 0.5) is 11.4 Å². The van der Waals surface area contributed by atoms with Gasteiger partial charge in [0.05, 0.1) is 19.4 Å². The number of benzene rings is 1. The molecule has 0 amide bonds. The molecule has 4 heteroatoms. The molecule has 0 bridgehead atoms. The summed E-state index contributed by atoms with van der Waals surface area (Å²) in [5, 5.41) is 11.6. The van der Waals surface area contributed by atoms with Crippen LogP contribution in [0.1, 0.15) is 0 Å². The Morgan fingerprint density at radius 2 is 2.31 bits per heavy atom. The van der Waals surface area contributed by atoms with Crippen LogP contribution in [0.15, 0.2) is 18.2 Å². The molecule has 0 saturated carbocycles. The van der Waals surface area contributed by atoms with Crippen molar-refractivity contribution in [3.05, 3.63) is 18.2 Å². The van der Waals surface area contributed by atoms with Crippen molar-refractivity contribution in [3.8, 4) is 5.75 Å². The number of nitrogen functional groups attached to an aromatic ring is 1. The van der Waals surface area contributed by atoms with Crippen molar-refractivity contribution in [1.82, 2.24) is 0 Å². The van der Waals surface area contributed by atoms with E-state index in [9.17, 15) is 0 Å². The maximum atomic E-state index is 8.62. The predicted molar refractivity (Wildman–Crippen MR) is 53.0 cm³/mol. The normalized spacial score (nSPS) is 9.69. The Kier molecular flexibility index (Phi) is 3.40. The van der Waals surface area contributed by atoms with Gasteiger partial charge in [-0.3, -0.25) is 0 Å². The number of aliphatic hydroxyl groups excluding tert-OH is 1. The Hall–Kier alpha value is -1.42. The lowest BCUT2D eigenvalue weighted by molar-refractivity contribution is 0.311. The van der Waals surface area contributed by atoms with Crippen LogP contribution in [0.2, 0.25) is 0 Å². The fourth-order valence-electron chi connectivity index (χ4n) is 1.04. The van der Waals surface area contributed by atoms with Crippen molar-refractivity contribution in [2.24, 2.45) is 0 Å². The highest BCUT2D eigenvalue weighted by Gasteiger charge is 2.01. The first-order valence-electron chi connectivity index (χ1n) is 4.06. The standard InChI is InChI=1S/C9H14N2O2/c1-13-9-6-7(10)2-3-8(9)11-4-5-12/h2-3,6,11-12H,4-5,10H2,1H3. The summed E-state index contributed by atoms with van der Waals surface area (Å²) in [6, 6.07) is 5.34. The van der Waals surface area contributed by atoms with Crippen LogP contribution in [0.5, 0.6) is 5.75 Å². The highest BCUT2D eigenvalue weighted by atomic mass is 16.5. The first kappa shape index (κ1) is 9.67. The molecule has 0 fully saturated rings. The molecule has 0 heterocycles. The third kappa shape index (κ3) is 2.52. The molecule has 1 aromatic carbocycles. The van der Waals surface area contributed by atoms with Gasteiger partial charge in [-0.1, -0.05) is 0 Å². The fraction of sp³-hybridized carbons (Fsp3) is 0.333. The van der Waals surface area contributed by atoms with Gasteiger partial charge in [0.1, 0.15) is 5.75 Å². The average molecular weight is 182 g/mol. The van der Waals surface area contributed by atoms with E-state index in [0.717, 1.165) is 5.69 Å². The number of rotatable bonds is 4. The summed E-state index contributed by atoms with van der Waals surface area (Å²) >= 11 is 0. The van der Waals surface area contributed by atoms with Crippen molar-refractivity contribution in [2.75, 3.05) is 31.3 Å². The molecule has 0 atom stereocenters. The second kappa shape index (κ2) is 4.57. The molecule has 0 unspecified atom stereocenters. The third-order valence-electron chi connectivity index (χ3n) is 1.65. The zero-order valence-corrected chi connectivity index (χ0v) is 7.58. The van der Waals surface area contributed by atoms with Gasteiger partial charge in [-0.15, -0.1) is 0 Å². The van der Waals surface area contributed by atoms with Crippen LogP contribution in [0.3, 0.4) is 0 Å². The summed E-state index contributed by atoms with van der Waals surface area (Å²) < 4.78 is 5.10. The summed E-state index contributed by atoms with van der Waals surface area (Å²) in [7, 11) is 1.58. The lowest BCUT2D eigenvalue weighted by Gasteiger charge is -2.10. The molecule has 0 aliphatic heterocycles. The number of nitrogens with two attached hydrogens (primary N) is 1. The Bertz CT molecular complexity index is 276. The highest BCUT2D eigenvalue weighted by molar-refractivity contribution is 5.62. The number of methoxy groups -OCH3 is 1.